The van der Waals surface area contributed by atoms with Gasteiger partial charge in [-0.05, 0) is 25.0 Å². The smallest absolute Gasteiger partial charge is 0.253 e. The number of hydrogen-bond donors (Lipinski definition) is 0. The van der Waals surface area contributed by atoms with Crippen molar-refractivity contribution in [2.75, 3.05) is 37.7 Å². The fourth-order valence-electron chi connectivity index (χ4n) is 3.54. The monoisotopic (exact) mass is 314 g/mol. The van der Waals surface area contributed by atoms with E-state index in [0.29, 0.717) is 13.2 Å². The summed E-state index contributed by atoms with van der Waals surface area (Å²) in [5, 5.41) is 0. The van der Waals surface area contributed by atoms with Crippen molar-refractivity contribution in [2.24, 2.45) is 7.05 Å². The summed E-state index contributed by atoms with van der Waals surface area (Å²) < 4.78 is 7.84. The van der Waals surface area contributed by atoms with E-state index < -0.39 is 0 Å². The highest BCUT2D eigenvalue weighted by molar-refractivity contribution is 5.82. The van der Waals surface area contributed by atoms with Crippen molar-refractivity contribution in [2.45, 2.75) is 18.9 Å². The Labute approximate surface area is 135 Å². The molecule has 23 heavy (non-hydrogen) atoms. The number of benzene rings is 1. The molecule has 0 N–H and O–H groups in total. The number of imidazole rings is 1. The van der Waals surface area contributed by atoms with E-state index in [-0.39, 0.29) is 12.0 Å². The molecular formula is C17H22N4O2. The number of carbonyl (C=O) groups is 1. The molecule has 0 radical (unpaired) electrons. The van der Waals surface area contributed by atoms with Crippen LogP contribution in [0.4, 0.5) is 5.95 Å². The van der Waals surface area contributed by atoms with Crippen molar-refractivity contribution in [1.29, 1.82) is 0 Å². The molecule has 1 aromatic carbocycles. The molecule has 0 bridgehead atoms. The maximum atomic E-state index is 12.6. The normalized spacial score (nSPS) is 22.0. The summed E-state index contributed by atoms with van der Waals surface area (Å²) >= 11 is 0. The van der Waals surface area contributed by atoms with Gasteiger partial charge >= 0.3 is 0 Å². The lowest BCUT2D eigenvalue weighted by molar-refractivity contribution is -0.143. The lowest BCUT2D eigenvalue weighted by atomic mass is 10.2. The molecule has 122 valence electrons. The Hall–Kier alpha value is -2.08. The quantitative estimate of drug-likeness (QED) is 0.841. The van der Waals surface area contributed by atoms with Crippen LogP contribution in [0.5, 0.6) is 0 Å². The summed E-state index contributed by atoms with van der Waals surface area (Å²) in [6, 6.07) is 8.11. The summed E-state index contributed by atoms with van der Waals surface area (Å²) in [6.07, 6.45) is 1.83. The van der Waals surface area contributed by atoms with Crippen LogP contribution in [-0.4, -0.2) is 59.2 Å². The molecule has 1 aromatic heterocycles. The second-order valence-corrected chi connectivity index (χ2v) is 6.30. The van der Waals surface area contributed by atoms with Crippen molar-refractivity contribution < 1.29 is 9.53 Å². The first-order chi connectivity index (χ1) is 11.2. The predicted molar refractivity (Wildman–Crippen MR) is 88.5 cm³/mol. The molecule has 0 aliphatic carbocycles. The van der Waals surface area contributed by atoms with E-state index in [1.807, 2.05) is 30.1 Å². The van der Waals surface area contributed by atoms with Crippen LogP contribution in [0.25, 0.3) is 11.0 Å². The van der Waals surface area contributed by atoms with Gasteiger partial charge in [0, 0.05) is 26.7 Å². The van der Waals surface area contributed by atoms with Gasteiger partial charge in [-0.1, -0.05) is 12.1 Å². The Balaban J connectivity index is 1.56. The van der Waals surface area contributed by atoms with Crippen LogP contribution >= 0.6 is 0 Å². The third-order valence-electron chi connectivity index (χ3n) is 4.81. The first kappa shape index (κ1) is 14.5. The van der Waals surface area contributed by atoms with Gasteiger partial charge in [0.2, 0.25) is 5.95 Å². The molecule has 2 fully saturated rings. The van der Waals surface area contributed by atoms with Gasteiger partial charge in [0.1, 0.15) is 0 Å². The molecule has 1 atom stereocenters. The number of rotatable bonds is 2. The molecule has 2 aliphatic heterocycles. The highest BCUT2D eigenvalue weighted by atomic mass is 16.5. The van der Waals surface area contributed by atoms with Crippen LogP contribution in [0.2, 0.25) is 0 Å². The van der Waals surface area contributed by atoms with Crippen LogP contribution in [-0.2, 0) is 16.6 Å². The van der Waals surface area contributed by atoms with Gasteiger partial charge in [-0.3, -0.25) is 4.79 Å². The SMILES string of the molecule is Cn1c(N2CCOC(C(=O)N3CCCC3)C2)nc2ccccc21. The standard InChI is InChI=1S/C17H22N4O2/c1-19-14-7-3-2-6-13(14)18-17(19)21-10-11-23-15(12-21)16(22)20-8-4-5-9-20/h2-3,6-7,15H,4-5,8-12H2,1H3. The van der Waals surface area contributed by atoms with Crippen molar-refractivity contribution in [3.05, 3.63) is 24.3 Å². The molecule has 1 amide bonds. The molecule has 0 saturated carbocycles. The summed E-state index contributed by atoms with van der Waals surface area (Å²) in [5.74, 6) is 1.04. The molecule has 2 aromatic rings. The van der Waals surface area contributed by atoms with Crippen molar-refractivity contribution in [3.8, 4) is 0 Å². The number of morpholine rings is 1. The van der Waals surface area contributed by atoms with E-state index in [0.717, 1.165) is 49.5 Å². The molecule has 6 heteroatoms. The first-order valence-electron chi connectivity index (χ1n) is 8.31. The van der Waals surface area contributed by atoms with Crippen molar-refractivity contribution in [3.63, 3.8) is 0 Å². The Morgan fingerprint density at radius 3 is 2.78 bits per heavy atom. The second kappa shape index (κ2) is 5.85. The van der Waals surface area contributed by atoms with Gasteiger partial charge in [0.05, 0.1) is 24.2 Å². The summed E-state index contributed by atoms with van der Waals surface area (Å²) in [4.78, 5) is 21.4. The van der Waals surface area contributed by atoms with Crippen LogP contribution in [0, 0.1) is 0 Å². The highest BCUT2D eigenvalue weighted by Gasteiger charge is 2.32. The number of likely N-dealkylation sites (tertiary alicyclic amines) is 1. The Morgan fingerprint density at radius 1 is 1.22 bits per heavy atom. The van der Waals surface area contributed by atoms with Crippen molar-refractivity contribution >= 4 is 22.9 Å². The van der Waals surface area contributed by atoms with Gasteiger partial charge in [-0.2, -0.15) is 0 Å². The Bertz CT molecular complexity index is 720. The Kier molecular flexibility index (Phi) is 3.69. The number of amides is 1. The number of ether oxygens (including phenoxy) is 1. The number of nitrogens with zero attached hydrogens (tertiary/aromatic N) is 4. The zero-order valence-electron chi connectivity index (χ0n) is 13.4. The number of carbonyl (C=O) groups excluding carboxylic acids is 1. The van der Waals surface area contributed by atoms with Crippen LogP contribution in [0.3, 0.4) is 0 Å². The molecule has 6 nitrogen and oxygen atoms in total. The van der Waals surface area contributed by atoms with Crippen LogP contribution in [0.1, 0.15) is 12.8 Å². The molecular weight excluding hydrogens is 292 g/mol. The van der Waals surface area contributed by atoms with Crippen molar-refractivity contribution in [1.82, 2.24) is 14.5 Å². The van der Waals surface area contributed by atoms with E-state index >= 15 is 0 Å². The maximum absolute atomic E-state index is 12.6. The highest BCUT2D eigenvalue weighted by Crippen LogP contribution is 2.23. The average Bonchev–Trinajstić information content (AvgIpc) is 3.23. The molecule has 1 unspecified atom stereocenters. The summed E-state index contributed by atoms with van der Waals surface area (Å²) in [6.45, 7) is 3.64. The first-order valence-corrected chi connectivity index (χ1v) is 8.31. The fourth-order valence-corrected chi connectivity index (χ4v) is 3.54. The van der Waals surface area contributed by atoms with Gasteiger partial charge in [-0.15, -0.1) is 0 Å². The fraction of sp³-hybridized carbons (Fsp3) is 0.529. The van der Waals surface area contributed by atoms with E-state index in [1.165, 1.54) is 0 Å². The van der Waals surface area contributed by atoms with Gasteiger partial charge in [0.25, 0.3) is 5.91 Å². The number of hydrogen-bond acceptors (Lipinski definition) is 4. The number of para-hydroxylation sites is 2. The number of aromatic nitrogens is 2. The number of aryl methyl sites for hydroxylation is 1. The minimum atomic E-state index is -0.373. The summed E-state index contributed by atoms with van der Waals surface area (Å²) in [5.41, 5.74) is 2.09. The Morgan fingerprint density at radius 2 is 2.00 bits per heavy atom. The van der Waals surface area contributed by atoms with Gasteiger partial charge in [-0.25, -0.2) is 4.98 Å². The average molecular weight is 314 g/mol. The topological polar surface area (TPSA) is 50.6 Å². The van der Waals surface area contributed by atoms with Crippen LogP contribution in [0.15, 0.2) is 24.3 Å². The van der Waals surface area contributed by atoms with Gasteiger partial charge < -0.3 is 19.1 Å². The zero-order valence-corrected chi connectivity index (χ0v) is 13.4. The predicted octanol–water partition coefficient (Wildman–Crippen LogP) is 1.40. The zero-order chi connectivity index (χ0) is 15.8. The van der Waals surface area contributed by atoms with E-state index in [4.69, 9.17) is 9.72 Å². The minimum absolute atomic E-state index is 0.131. The molecule has 4 rings (SSSR count). The molecule has 3 heterocycles. The summed E-state index contributed by atoms with van der Waals surface area (Å²) in [7, 11) is 2.03. The van der Waals surface area contributed by atoms with E-state index in [2.05, 4.69) is 15.5 Å². The molecule has 2 aliphatic rings. The van der Waals surface area contributed by atoms with E-state index in [9.17, 15) is 4.79 Å². The number of anilines is 1. The maximum Gasteiger partial charge on any atom is 0.253 e. The second-order valence-electron chi connectivity index (χ2n) is 6.30. The molecule has 2 saturated heterocycles. The van der Waals surface area contributed by atoms with Gasteiger partial charge in [0.15, 0.2) is 6.10 Å². The third-order valence-corrected chi connectivity index (χ3v) is 4.81. The number of fused-ring (bicyclic) bond motifs is 1. The van der Waals surface area contributed by atoms with Crippen LogP contribution < -0.4 is 4.90 Å². The minimum Gasteiger partial charge on any atom is -0.365 e. The third kappa shape index (κ3) is 2.57. The molecule has 0 spiro atoms. The lowest BCUT2D eigenvalue weighted by Crippen LogP contribution is -2.51. The van der Waals surface area contributed by atoms with E-state index in [1.54, 1.807) is 0 Å². The largest absolute Gasteiger partial charge is 0.365 e. The lowest BCUT2D eigenvalue weighted by Gasteiger charge is -2.34.